The molecule has 1 nitrogen and oxygen atoms in total. The fraction of sp³-hybridized carbons (Fsp3) is 0.200. The molecule has 1 heterocycles. The van der Waals surface area contributed by atoms with Gasteiger partial charge in [-0.25, -0.2) is 0 Å². The third kappa shape index (κ3) is 2.64. The molecular formula is C20H27N. The molecule has 0 atom stereocenters. The molecule has 21 heavy (non-hydrogen) atoms. The molecule has 112 valence electrons. The summed E-state index contributed by atoms with van der Waals surface area (Å²) in [6.45, 7) is 0. The quantitative estimate of drug-likeness (QED) is 0.356. The summed E-state index contributed by atoms with van der Waals surface area (Å²) in [7, 11) is 0. The second-order valence-electron chi connectivity index (χ2n) is 4.38. The van der Waals surface area contributed by atoms with Crippen molar-refractivity contribution in [3.63, 3.8) is 0 Å². The van der Waals surface area contributed by atoms with Gasteiger partial charge >= 0.3 is 0 Å². The van der Waals surface area contributed by atoms with Crippen LogP contribution in [0.4, 0.5) is 0 Å². The van der Waals surface area contributed by atoms with Crippen LogP contribution in [0.5, 0.6) is 0 Å². The van der Waals surface area contributed by atoms with Crippen LogP contribution in [0.25, 0.3) is 32.6 Å². The van der Waals surface area contributed by atoms with Gasteiger partial charge in [-0.15, -0.1) is 0 Å². The minimum absolute atomic E-state index is 0. The molecule has 0 saturated carbocycles. The lowest BCUT2D eigenvalue weighted by Crippen LogP contribution is -1.74. The molecule has 1 N–H and O–H groups in total. The van der Waals surface area contributed by atoms with Crippen molar-refractivity contribution in [3.05, 3.63) is 60.7 Å². The Kier molecular flexibility index (Phi) is 6.19. The maximum Gasteiger partial charge on any atom is 0.0544 e. The average molecular weight is 281 g/mol. The molecule has 4 rings (SSSR count). The molecule has 0 saturated heterocycles. The van der Waals surface area contributed by atoms with E-state index in [9.17, 15) is 0 Å². The van der Waals surface area contributed by atoms with Gasteiger partial charge in [0.25, 0.3) is 0 Å². The van der Waals surface area contributed by atoms with Crippen molar-refractivity contribution in [2.75, 3.05) is 0 Å². The predicted octanol–water partition coefficient (Wildman–Crippen LogP) is 7.02. The first-order valence-electron chi connectivity index (χ1n) is 5.82. The highest BCUT2D eigenvalue weighted by Crippen LogP contribution is 2.30. The van der Waals surface area contributed by atoms with E-state index >= 15 is 0 Å². The monoisotopic (exact) mass is 281 g/mol. The van der Waals surface area contributed by atoms with Crippen LogP contribution < -0.4 is 0 Å². The van der Waals surface area contributed by atoms with Gasteiger partial charge in [0.2, 0.25) is 0 Å². The second kappa shape index (κ2) is 6.94. The molecule has 0 spiro atoms. The molecular weight excluding hydrogens is 254 g/mol. The number of benzene rings is 3. The zero-order chi connectivity index (χ0) is 11.2. The van der Waals surface area contributed by atoms with Gasteiger partial charge < -0.3 is 4.98 Å². The number of H-pyrrole nitrogens is 1. The first-order chi connectivity index (χ1) is 8.43. The van der Waals surface area contributed by atoms with E-state index in [1.807, 2.05) is 0 Å². The molecule has 0 unspecified atom stereocenters. The average Bonchev–Trinajstić information content (AvgIpc) is 2.78. The fourth-order valence-electron chi connectivity index (χ4n) is 2.59. The van der Waals surface area contributed by atoms with E-state index in [1.165, 1.54) is 32.6 Å². The summed E-state index contributed by atoms with van der Waals surface area (Å²) < 4.78 is 0. The molecule has 1 heteroatoms. The molecule has 3 aromatic carbocycles. The van der Waals surface area contributed by atoms with Gasteiger partial charge in [-0.2, -0.15) is 0 Å². The molecule has 0 aliphatic rings. The number of hydrogen-bond donors (Lipinski definition) is 1. The van der Waals surface area contributed by atoms with Crippen molar-refractivity contribution in [3.8, 4) is 0 Å². The summed E-state index contributed by atoms with van der Waals surface area (Å²) in [5.74, 6) is 0. The zero-order valence-electron chi connectivity index (χ0n) is 9.27. The Morgan fingerprint density at radius 3 is 1.90 bits per heavy atom. The summed E-state index contributed by atoms with van der Waals surface area (Å²) in [5.41, 5.74) is 2.45. The number of nitrogens with one attached hydrogen (secondary N) is 1. The molecule has 4 aromatic rings. The SMILES string of the molecule is C.C.C.C.c1ccc2c(c1)ccc1c3ccccc3[nH]c21. The third-order valence-electron chi connectivity index (χ3n) is 3.41. The van der Waals surface area contributed by atoms with E-state index in [4.69, 9.17) is 0 Å². The van der Waals surface area contributed by atoms with Crippen LogP contribution in [0.3, 0.4) is 0 Å². The molecule has 0 radical (unpaired) electrons. The number of aromatic nitrogens is 1. The number of para-hydroxylation sites is 1. The first kappa shape index (κ1) is 18.7. The molecule has 0 amide bonds. The smallest absolute Gasteiger partial charge is 0.0544 e. The maximum atomic E-state index is 3.52. The minimum atomic E-state index is 0. The van der Waals surface area contributed by atoms with Gasteiger partial charge in [-0.1, -0.05) is 84.3 Å². The Hall–Kier alpha value is -2.28. The molecule has 0 aliphatic carbocycles. The lowest BCUT2D eigenvalue weighted by molar-refractivity contribution is 1.56. The summed E-state index contributed by atoms with van der Waals surface area (Å²) in [6.07, 6.45) is 0. The van der Waals surface area contributed by atoms with E-state index in [0.29, 0.717) is 0 Å². The van der Waals surface area contributed by atoms with E-state index in [2.05, 4.69) is 65.6 Å². The van der Waals surface area contributed by atoms with Gasteiger partial charge in [-0.3, -0.25) is 0 Å². The van der Waals surface area contributed by atoms with Gasteiger partial charge in [0.15, 0.2) is 0 Å². The maximum absolute atomic E-state index is 3.52. The molecule has 0 bridgehead atoms. The Bertz CT molecular complexity index is 840. The summed E-state index contributed by atoms with van der Waals surface area (Å²) in [4.78, 5) is 3.52. The Morgan fingerprint density at radius 1 is 0.524 bits per heavy atom. The van der Waals surface area contributed by atoms with Crippen LogP contribution in [0, 0.1) is 0 Å². The van der Waals surface area contributed by atoms with E-state index in [1.54, 1.807) is 0 Å². The third-order valence-corrected chi connectivity index (χ3v) is 3.41. The highest BCUT2D eigenvalue weighted by molar-refractivity contribution is 6.16. The van der Waals surface area contributed by atoms with Crippen LogP contribution in [0.1, 0.15) is 29.7 Å². The molecule has 0 fully saturated rings. The van der Waals surface area contributed by atoms with Gasteiger partial charge in [0.05, 0.1) is 5.52 Å². The normalized spacial score (nSPS) is 9.33. The van der Waals surface area contributed by atoms with Gasteiger partial charge in [-0.05, 0) is 11.5 Å². The summed E-state index contributed by atoms with van der Waals surface area (Å²) in [5, 5.41) is 5.18. The number of rotatable bonds is 0. The second-order valence-corrected chi connectivity index (χ2v) is 4.38. The Labute approximate surface area is 128 Å². The van der Waals surface area contributed by atoms with Crippen molar-refractivity contribution in [2.45, 2.75) is 29.7 Å². The van der Waals surface area contributed by atoms with Crippen LogP contribution in [-0.2, 0) is 0 Å². The lowest BCUT2D eigenvalue weighted by Gasteiger charge is -1.98. The van der Waals surface area contributed by atoms with E-state index in [-0.39, 0.29) is 29.7 Å². The fourth-order valence-corrected chi connectivity index (χ4v) is 2.59. The Morgan fingerprint density at radius 2 is 1.14 bits per heavy atom. The van der Waals surface area contributed by atoms with Gasteiger partial charge in [0.1, 0.15) is 0 Å². The summed E-state index contributed by atoms with van der Waals surface area (Å²) in [6, 6.07) is 21.4. The number of hydrogen-bond acceptors (Lipinski definition) is 0. The van der Waals surface area contributed by atoms with Crippen molar-refractivity contribution >= 4 is 32.6 Å². The Balaban J connectivity index is 0.000001000. The topological polar surface area (TPSA) is 15.8 Å². The largest absolute Gasteiger partial charge is 0.354 e. The van der Waals surface area contributed by atoms with Crippen molar-refractivity contribution in [2.24, 2.45) is 0 Å². The van der Waals surface area contributed by atoms with Crippen LogP contribution >= 0.6 is 0 Å². The highest BCUT2D eigenvalue weighted by atomic mass is 14.7. The molecule has 1 aromatic heterocycles. The van der Waals surface area contributed by atoms with E-state index in [0.717, 1.165) is 0 Å². The summed E-state index contributed by atoms with van der Waals surface area (Å²) >= 11 is 0. The first-order valence-corrected chi connectivity index (χ1v) is 5.82. The standard InChI is InChI=1S/C16H11N.4CH4/c1-2-6-12-11(5-1)9-10-14-13-7-3-4-8-15(13)17-16(12)14;;;;/h1-10,17H;4*1H4. The predicted molar refractivity (Wildman–Crippen MR) is 100 cm³/mol. The lowest BCUT2D eigenvalue weighted by atomic mass is 10.1. The van der Waals surface area contributed by atoms with Crippen molar-refractivity contribution in [1.82, 2.24) is 4.98 Å². The van der Waals surface area contributed by atoms with Crippen LogP contribution in [0.15, 0.2) is 60.7 Å². The highest BCUT2D eigenvalue weighted by Gasteiger charge is 2.05. The number of fused-ring (bicyclic) bond motifs is 5. The van der Waals surface area contributed by atoms with Crippen molar-refractivity contribution < 1.29 is 0 Å². The molecule has 0 aliphatic heterocycles. The van der Waals surface area contributed by atoms with Gasteiger partial charge in [0, 0.05) is 21.7 Å². The van der Waals surface area contributed by atoms with Crippen molar-refractivity contribution in [1.29, 1.82) is 0 Å². The zero-order valence-corrected chi connectivity index (χ0v) is 9.27. The van der Waals surface area contributed by atoms with Crippen LogP contribution in [-0.4, -0.2) is 4.98 Å². The van der Waals surface area contributed by atoms with Crippen LogP contribution in [0.2, 0.25) is 0 Å². The number of aromatic amines is 1. The minimum Gasteiger partial charge on any atom is -0.354 e. The van der Waals surface area contributed by atoms with E-state index < -0.39 is 0 Å².